The largest absolute Gasteiger partial charge is 0.384 e. The van der Waals surface area contributed by atoms with Gasteiger partial charge in [-0.1, -0.05) is 42.5 Å². The minimum Gasteiger partial charge on any atom is -0.384 e. The minimum atomic E-state index is -1.20. The van der Waals surface area contributed by atoms with Crippen molar-refractivity contribution >= 4 is 34.2 Å². The third kappa shape index (κ3) is 14.9. The molecule has 0 saturated heterocycles. The fourth-order valence-corrected chi connectivity index (χ4v) is 12.8. The maximum absolute atomic E-state index is 18.6. The molecule has 5 aromatic carbocycles. The number of carbonyl (C=O) groups is 1. The predicted octanol–water partition coefficient (Wildman–Crippen LogP) is 14.8. The summed E-state index contributed by atoms with van der Waals surface area (Å²) in [6.45, 7) is 3.80. The zero-order valence-electron chi connectivity index (χ0n) is 56.1. The number of carbonyl (C=O) groups excluding carboxylic acids is 1. The molecule has 1 aliphatic heterocycles. The Kier molecular flexibility index (Phi) is 20.5. The molecule has 0 bridgehead atoms. The van der Waals surface area contributed by atoms with E-state index >= 15 is 22.0 Å². The van der Waals surface area contributed by atoms with E-state index in [0.29, 0.717) is 104 Å². The maximum Gasteiger partial charge on any atom is 0.222 e. The molecule has 17 nitrogen and oxygen atoms in total. The molecular formula is C80H69F5N16O. The average molecular weight is 1370 g/mol. The lowest BCUT2D eigenvalue weighted by atomic mass is 9.87. The van der Waals surface area contributed by atoms with Gasteiger partial charge < -0.3 is 36.4 Å². The lowest BCUT2D eigenvalue weighted by molar-refractivity contribution is -0.118. The number of nitrogens with one attached hydrogen (secondary N) is 3. The van der Waals surface area contributed by atoms with Crippen LogP contribution in [0.3, 0.4) is 0 Å². The molecule has 12 aromatic rings. The SMILES string of the molecule is CC(=O)NC1=C(c2ccc(F)cc2)C=C(NCC(N)c2nccc(C)c2-c2ncccn2)C(c2ccc(F)c(-c3ccc(F)cc3N(C)CCc3ccccn3)c2N(C)CCc2cccnc2-c2ccncc2)N1c1ccnc(-c2ccc(F)cc2)c1NCc1ccnc(-c2ccccc2F)n1. The van der Waals surface area contributed by atoms with E-state index in [0.717, 1.165) is 28.1 Å². The highest BCUT2D eigenvalue weighted by Crippen LogP contribution is 2.52. The van der Waals surface area contributed by atoms with E-state index < -0.39 is 47.1 Å². The van der Waals surface area contributed by atoms with Crippen LogP contribution in [-0.2, 0) is 24.2 Å². The molecule has 2 unspecified atom stereocenters. The Morgan fingerprint density at radius 2 is 1.25 bits per heavy atom. The van der Waals surface area contributed by atoms with Crippen LogP contribution in [0.25, 0.3) is 62.0 Å². The Labute approximate surface area is 586 Å². The first-order chi connectivity index (χ1) is 49.6. The fourth-order valence-electron chi connectivity index (χ4n) is 12.8. The fraction of sp³-hybridized carbons (Fsp3) is 0.150. The van der Waals surface area contributed by atoms with Crippen molar-refractivity contribution in [3.05, 3.63) is 312 Å². The van der Waals surface area contributed by atoms with Crippen LogP contribution >= 0.6 is 0 Å². The third-order valence-corrected chi connectivity index (χ3v) is 17.7. The van der Waals surface area contributed by atoms with Crippen molar-refractivity contribution < 1.29 is 26.7 Å². The first-order valence-corrected chi connectivity index (χ1v) is 33.0. The monoisotopic (exact) mass is 1360 g/mol. The molecule has 102 heavy (non-hydrogen) atoms. The smallest absolute Gasteiger partial charge is 0.222 e. The summed E-state index contributed by atoms with van der Waals surface area (Å²) in [6, 6.07) is 43.4. The molecule has 0 radical (unpaired) electrons. The van der Waals surface area contributed by atoms with Gasteiger partial charge in [-0.05, 0) is 164 Å². The lowest BCUT2D eigenvalue weighted by Gasteiger charge is -2.44. The Morgan fingerprint density at radius 3 is 2.00 bits per heavy atom. The van der Waals surface area contributed by atoms with Crippen LogP contribution in [0.4, 0.5) is 44.7 Å². The van der Waals surface area contributed by atoms with E-state index in [2.05, 4.69) is 40.9 Å². The summed E-state index contributed by atoms with van der Waals surface area (Å²) in [5.74, 6) is -2.56. The quantitative estimate of drug-likeness (QED) is 0.0415. The van der Waals surface area contributed by atoms with Crippen LogP contribution in [0.1, 0.15) is 58.3 Å². The summed E-state index contributed by atoms with van der Waals surface area (Å²) in [4.78, 5) is 62.2. The number of benzene rings is 5. The van der Waals surface area contributed by atoms with Crippen LogP contribution in [0.15, 0.2) is 243 Å². The standard InChI is InChI=1S/C80H69F5N16O/c1-49-27-40-91-74(70(49)79-92-36-10-37-93-79)66(86)48-95-67-46-63(51-15-19-55(81)20-16-51)80(97-50(2)102)101(68-31-42-90-73(53-17-21-56(82)22-18-53)75(68)96-47-59-30-41-94-78(98-59)60-13-5-6-14-64(60)84)76(67)62-25-26-65(85)71(61-24-23-57(83)45-69(61)99(3)44-33-58-12-7-8-34-88-58)77(62)100(4)43-32-52-11-9-35-89-72(52)54-28-38-87-39-29-54/h5-31,34-42,45-46,66,76,95-96H,32-33,43-44,47-48,86H2,1-4H3,(H,97,102). The number of rotatable bonds is 24. The van der Waals surface area contributed by atoms with Gasteiger partial charge in [0.15, 0.2) is 11.6 Å². The second kappa shape index (κ2) is 30.8. The van der Waals surface area contributed by atoms with Gasteiger partial charge in [-0.25, -0.2) is 41.9 Å². The molecule has 5 N–H and O–H groups in total. The van der Waals surface area contributed by atoms with Gasteiger partial charge in [0.05, 0.1) is 58.0 Å². The molecule has 510 valence electrons. The lowest BCUT2D eigenvalue weighted by Crippen LogP contribution is -2.44. The highest BCUT2D eigenvalue weighted by molar-refractivity contribution is 5.95. The van der Waals surface area contributed by atoms with Crippen LogP contribution in [0.2, 0.25) is 0 Å². The first kappa shape index (κ1) is 68.1. The number of hydrogen-bond acceptors (Lipinski definition) is 16. The summed E-state index contributed by atoms with van der Waals surface area (Å²) >= 11 is 0. The van der Waals surface area contributed by atoms with E-state index in [1.54, 1.807) is 122 Å². The van der Waals surface area contributed by atoms with Crippen LogP contribution in [0, 0.1) is 36.0 Å². The molecular weight excluding hydrogens is 1300 g/mol. The highest BCUT2D eigenvalue weighted by atomic mass is 19.1. The van der Waals surface area contributed by atoms with Crippen molar-refractivity contribution in [1.29, 1.82) is 0 Å². The second-order valence-electron chi connectivity index (χ2n) is 24.5. The van der Waals surface area contributed by atoms with E-state index in [1.807, 2.05) is 90.3 Å². The van der Waals surface area contributed by atoms with E-state index in [4.69, 9.17) is 25.7 Å². The Morgan fingerprint density at radius 1 is 0.569 bits per heavy atom. The van der Waals surface area contributed by atoms with Crippen LogP contribution in [0.5, 0.6) is 0 Å². The van der Waals surface area contributed by atoms with Gasteiger partial charge in [-0.2, -0.15) is 0 Å². The molecule has 22 heteroatoms. The zero-order chi connectivity index (χ0) is 70.8. The number of nitrogens with zero attached hydrogens (tertiary/aromatic N) is 12. The Hall–Kier alpha value is -12.4. The summed E-state index contributed by atoms with van der Waals surface area (Å²) in [5, 5.41) is 10.6. The minimum absolute atomic E-state index is 0.0276. The average Bonchev–Trinajstić information content (AvgIpc) is 0.727. The van der Waals surface area contributed by atoms with Gasteiger partial charge in [0.25, 0.3) is 0 Å². The van der Waals surface area contributed by atoms with Crippen molar-refractivity contribution in [2.45, 2.75) is 45.3 Å². The number of pyridine rings is 5. The van der Waals surface area contributed by atoms with Crippen molar-refractivity contribution in [2.75, 3.05) is 53.7 Å². The molecule has 7 aromatic heterocycles. The number of allylic oxidation sites excluding steroid dienone is 2. The summed E-state index contributed by atoms with van der Waals surface area (Å²) in [6.07, 6.45) is 17.6. The predicted molar refractivity (Wildman–Crippen MR) is 387 cm³/mol. The van der Waals surface area contributed by atoms with E-state index in [-0.39, 0.29) is 42.4 Å². The van der Waals surface area contributed by atoms with Gasteiger partial charge in [-0.3, -0.25) is 29.7 Å². The number of halogens is 5. The van der Waals surface area contributed by atoms with Gasteiger partial charge in [-0.15, -0.1) is 0 Å². The highest BCUT2D eigenvalue weighted by Gasteiger charge is 2.40. The van der Waals surface area contributed by atoms with Crippen molar-refractivity contribution in [3.63, 3.8) is 0 Å². The van der Waals surface area contributed by atoms with Gasteiger partial charge in [0.2, 0.25) is 5.91 Å². The zero-order valence-corrected chi connectivity index (χ0v) is 56.1. The number of hydrogen-bond donors (Lipinski definition) is 4. The maximum atomic E-state index is 18.6. The summed E-state index contributed by atoms with van der Waals surface area (Å²) in [7, 11) is 3.69. The second-order valence-corrected chi connectivity index (χ2v) is 24.5. The number of aromatic nitrogens is 9. The molecule has 1 amide bonds. The molecule has 0 fully saturated rings. The van der Waals surface area contributed by atoms with Gasteiger partial charge in [0, 0.05) is 159 Å². The van der Waals surface area contributed by atoms with Crippen LogP contribution < -0.4 is 36.4 Å². The van der Waals surface area contributed by atoms with Crippen molar-refractivity contribution in [3.8, 4) is 56.4 Å². The molecule has 8 heterocycles. The van der Waals surface area contributed by atoms with E-state index in [1.165, 1.54) is 61.7 Å². The molecule has 0 saturated carbocycles. The number of likely N-dealkylation sites (N-methyl/N-ethyl adjacent to an activating group) is 2. The van der Waals surface area contributed by atoms with Crippen molar-refractivity contribution in [2.24, 2.45) is 5.73 Å². The van der Waals surface area contributed by atoms with E-state index in [9.17, 15) is 4.79 Å². The third-order valence-electron chi connectivity index (χ3n) is 17.7. The molecule has 2 atom stereocenters. The number of anilines is 4. The molecule has 0 spiro atoms. The molecule has 13 rings (SSSR count). The summed E-state index contributed by atoms with van der Waals surface area (Å²) in [5.41, 5.74) is 17.5. The first-order valence-electron chi connectivity index (χ1n) is 33.0. The Bertz CT molecular complexity index is 5060. The number of amides is 1. The number of nitrogens with two attached hydrogens (primary N) is 1. The number of aryl methyl sites for hydroxylation is 1. The van der Waals surface area contributed by atoms with Crippen molar-refractivity contribution in [1.82, 2.24) is 55.5 Å². The topological polar surface area (TPSA) is 205 Å². The Balaban J connectivity index is 1.08. The molecule has 0 aliphatic carbocycles. The van der Waals surface area contributed by atoms with Crippen LogP contribution in [-0.4, -0.2) is 84.5 Å². The molecule has 1 aliphatic rings. The van der Waals surface area contributed by atoms with Gasteiger partial charge in [0.1, 0.15) is 40.9 Å². The van der Waals surface area contributed by atoms with Gasteiger partial charge >= 0.3 is 0 Å². The normalized spacial score (nSPS) is 13.1. The summed E-state index contributed by atoms with van der Waals surface area (Å²) < 4.78 is 80.9.